The molecule has 19 heavy (non-hydrogen) atoms. The van der Waals surface area contributed by atoms with Crippen LogP contribution in [0.5, 0.6) is 5.75 Å². The van der Waals surface area contributed by atoms with Crippen LogP contribution in [0.4, 0.5) is 10.6 Å². The van der Waals surface area contributed by atoms with Gasteiger partial charge in [0.1, 0.15) is 0 Å². The van der Waals surface area contributed by atoms with Crippen LogP contribution in [-0.2, 0) is 6.42 Å². The Bertz CT molecular complexity index is 543. The predicted octanol–water partition coefficient (Wildman–Crippen LogP) is 2.19. The topological polar surface area (TPSA) is 77.2 Å². The van der Waals surface area contributed by atoms with Crippen LogP contribution < -0.4 is 15.8 Å². The molecule has 0 aliphatic carbocycles. The van der Waals surface area contributed by atoms with E-state index in [0.29, 0.717) is 18.2 Å². The molecule has 0 aliphatic heterocycles. The second-order valence-electron chi connectivity index (χ2n) is 3.92. The molecule has 0 saturated heterocycles. The molecule has 5 heteroatoms. The monoisotopic (exact) mass is 257 g/mol. The Labute approximate surface area is 111 Å². The highest BCUT2D eigenvalue weighted by Crippen LogP contribution is 2.20. The summed E-state index contributed by atoms with van der Waals surface area (Å²) in [5.74, 6) is 0.847. The van der Waals surface area contributed by atoms with E-state index >= 15 is 0 Å². The maximum absolute atomic E-state index is 10.8. The summed E-state index contributed by atoms with van der Waals surface area (Å²) < 4.78 is 5.61. The third kappa shape index (κ3) is 3.99. The molecular formula is C14H15N3O2. The van der Waals surface area contributed by atoms with Crippen LogP contribution in [0.2, 0.25) is 0 Å². The zero-order valence-electron chi connectivity index (χ0n) is 10.4. The van der Waals surface area contributed by atoms with E-state index in [1.807, 2.05) is 30.3 Å². The molecule has 2 amide bonds. The number of ether oxygens (including phenoxy) is 1. The number of anilines is 1. The van der Waals surface area contributed by atoms with E-state index in [2.05, 4.69) is 10.3 Å². The summed E-state index contributed by atoms with van der Waals surface area (Å²) in [6.07, 6.45) is 2.35. The molecule has 98 valence electrons. The summed E-state index contributed by atoms with van der Waals surface area (Å²) in [5, 5.41) is 2.42. The van der Waals surface area contributed by atoms with Gasteiger partial charge in [-0.15, -0.1) is 0 Å². The minimum Gasteiger partial charge on any atom is -0.489 e. The largest absolute Gasteiger partial charge is 0.489 e. The first-order chi connectivity index (χ1) is 9.25. The van der Waals surface area contributed by atoms with Crippen molar-refractivity contribution in [2.45, 2.75) is 6.42 Å². The normalized spacial score (nSPS) is 9.89. The highest BCUT2D eigenvalue weighted by atomic mass is 16.5. The van der Waals surface area contributed by atoms with Crippen molar-refractivity contribution < 1.29 is 9.53 Å². The Morgan fingerprint density at radius 2 is 2.00 bits per heavy atom. The van der Waals surface area contributed by atoms with Gasteiger partial charge in [-0.1, -0.05) is 30.3 Å². The molecule has 0 saturated carbocycles. The number of urea groups is 1. The lowest BCUT2D eigenvalue weighted by Gasteiger charge is -2.10. The van der Waals surface area contributed by atoms with Crippen molar-refractivity contribution in [3.63, 3.8) is 0 Å². The number of hydrogen-bond donors (Lipinski definition) is 2. The van der Waals surface area contributed by atoms with Crippen LogP contribution in [0.25, 0.3) is 0 Å². The zero-order valence-corrected chi connectivity index (χ0v) is 10.4. The third-order valence-electron chi connectivity index (χ3n) is 2.50. The summed E-state index contributed by atoms with van der Waals surface area (Å²) in [4.78, 5) is 14.8. The molecule has 1 aromatic heterocycles. The number of amides is 2. The van der Waals surface area contributed by atoms with Crippen molar-refractivity contribution in [3.8, 4) is 5.75 Å². The lowest BCUT2D eigenvalue weighted by Crippen LogP contribution is -2.20. The molecule has 0 unspecified atom stereocenters. The first kappa shape index (κ1) is 12.9. The van der Waals surface area contributed by atoms with Crippen LogP contribution in [-0.4, -0.2) is 17.6 Å². The van der Waals surface area contributed by atoms with Crippen molar-refractivity contribution >= 4 is 11.8 Å². The minimum atomic E-state index is -0.661. The first-order valence-electron chi connectivity index (χ1n) is 5.94. The number of nitrogens with two attached hydrogens (primary N) is 1. The smallest absolute Gasteiger partial charge is 0.317 e. The fourth-order valence-electron chi connectivity index (χ4n) is 1.64. The molecular weight excluding hydrogens is 242 g/mol. The van der Waals surface area contributed by atoms with Gasteiger partial charge < -0.3 is 10.5 Å². The summed E-state index contributed by atoms with van der Waals surface area (Å²) in [7, 11) is 0. The Kier molecular flexibility index (Phi) is 4.34. The van der Waals surface area contributed by atoms with E-state index in [0.717, 1.165) is 6.42 Å². The van der Waals surface area contributed by atoms with Crippen molar-refractivity contribution in [2.24, 2.45) is 5.73 Å². The lowest BCUT2D eigenvalue weighted by atomic mass is 10.2. The molecule has 3 N–H and O–H groups in total. The van der Waals surface area contributed by atoms with Crippen LogP contribution in [0, 0.1) is 0 Å². The average molecular weight is 257 g/mol. The second-order valence-corrected chi connectivity index (χ2v) is 3.92. The molecule has 2 aromatic rings. The average Bonchev–Trinajstić information content (AvgIpc) is 2.41. The van der Waals surface area contributed by atoms with Crippen molar-refractivity contribution in [2.75, 3.05) is 11.9 Å². The van der Waals surface area contributed by atoms with E-state index < -0.39 is 6.03 Å². The highest BCUT2D eigenvalue weighted by Gasteiger charge is 2.06. The quantitative estimate of drug-likeness (QED) is 0.862. The Balaban J connectivity index is 1.94. The summed E-state index contributed by atoms with van der Waals surface area (Å²) in [6.45, 7) is 0.503. The van der Waals surface area contributed by atoms with Gasteiger partial charge >= 0.3 is 6.03 Å². The highest BCUT2D eigenvalue weighted by molar-refractivity contribution is 5.88. The Morgan fingerprint density at radius 3 is 2.74 bits per heavy atom. The van der Waals surface area contributed by atoms with Crippen molar-refractivity contribution in [3.05, 3.63) is 54.2 Å². The summed E-state index contributed by atoms with van der Waals surface area (Å²) in [5.41, 5.74) is 6.26. The van der Waals surface area contributed by atoms with Gasteiger partial charge in [0.25, 0.3) is 0 Å². The fourth-order valence-corrected chi connectivity index (χ4v) is 1.64. The molecule has 0 bridgehead atoms. The van der Waals surface area contributed by atoms with Crippen molar-refractivity contribution in [1.82, 2.24) is 4.98 Å². The van der Waals surface area contributed by atoms with E-state index in [-0.39, 0.29) is 0 Å². The van der Waals surface area contributed by atoms with Gasteiger partial charge in [-0.3, -0.25) is 5.32 Å². The van der Waals surface area contributed by atoms with Gasteiger partial charge in [-0.2, -0.15) is 0 Å². The van der Waals surface area contributed by atoms with Crippen LogP contribution >= 0.6 is 0 Å². The number of rotatable bonds is 5. The number of carbonyl (C=O) groups is 1. The number of pyridine rings is 1. The Morgan fingerprint density at radius 1 is 1.21 bits per heavy atom. The molecule has 1 heterocycles. The van der Waals surface area contributed by atoms with Gasteiger partial charge in [-0.25, -0.2) is 9.78 Å². The molecule has 0 aliphatic rings. The maximum atomic E-state index is 10.8. The number of hydrogen-bond acceptors (Lipinski definition) is 3. The molecule has 0 radical (unpaired) electrons. The van der Waals surface area contributed by atoms with E-state index in [4.69, 9.17) is 10.5 Å². The van der Waals surface area contributed by atoms with Crippen LogP contribution in [0.15, 0.2) is 48.7 Å². The van der Waals surface area contributed by atoms with Crippen LogP contribution in [0.3, 0.4) is 0 Å². The number of aromatic nitrogens is 1. The lowest BCUT2D eigenvalue weighted by molar-refractivity contribution is 0.259. The summed E-state index contributed by atoms with van der Waals surface area (Å²) in [6, 6.07) is 12.8. The molecule has 1 aromatic carbocycles. The molecule has 5 nitrogen and oxygen atoms in total. The number of primary amides is 1. The number of nitrogens with zero attached hydrogens (tertiary/aromatic N) is 1. The third-order valence-corrected chi connectivity index (χ3v) is 2.50. The Hall–Kier alpha value is -2.56. The van der Waals surface area contributed by atoms with Gasteiger partial charge in [-0.05, 0) is 17.7 Å². The molecule has 2 rings (SSSR count). The van der Waals surface area contributed by atoms with E-state index in [1.54, 1.807) is 18.3 Å². The van der Waals surface area contributed by atoms with Gasteiger partial charge in [0, 0.05) is 12.6 Å². The fraction of sp³-hybridized carbons (Fsp3) is 0.143. The number of carbonyl (C=O) groups excluding carboxylic acids is 1. The summed E-state index contributed by atoms with van der Waals surface area (Å²) >= 11 is 0. The van der Waals surface area contributed by atoms with E-state index in [9.17, 15) is 4.79 Å². The van der Waals surface area contributed by atoms with Gasteiger partial charge in [0.05, 0.1) is 6.61 Å². The molecule has 0 fully saturated rings. The van der Waals surface area contributed by atoms with Crippen molar-refractivity contribution in [1.29, 1.82) is 0 Å². The standard InChI is InChI=1S/C14H15N3O2/c15-14(18)17-13-12(7-4-9-16-13)19-10-8-11-5-2-1-3-6-11/h1-7,9H,8,10H2,(H3,15,16,17,18). The zero-order chi connectivity index (χ0) is 13.5. The van der Waals surface area contributed by atoms with Gasteiger partial charge in [0.2, 0.25) is 0 Å². The molecule has 0 spiro atoms. The predicted molar refractivity (Wildman–Crippen MR) is 73.1 cm³/mol. The molecule has 0 atom stereocenters. The maximum Gasteiger partial charge on any atom is 0.317 e. The van der Waals surface area contributed by atoms with Crippen LogP contribution in [0.1, 0.15) is 5.56 Å². The SMILES string of the molecule is NC(=O)Nc1ncccc1OCCc1ccccc1. The minimum absolute atomic E-state index is 0.336. The second kappa shape index (κ2) is 6.39. The van der Waals surface area contributed by atoms with Gasteiger partial charge in [0.15, 0.2) is 11.6 Å². The number of benzene rings is 1. The van der Waals surface area contributed by atoms with E-state index in [1.165, 1.54) is 5.56 Å². The first-order valence-corrected chi connectivity index (χ1v) is 5.94. The number of nitrogens with one attached hydrogen (secondary N) is 1.